The molecule has 126 valence electrons. The molecule has 1 aromatic heterocycles. The summed E-state index contributed by atoms with van der Waals surface area (Å²) in [6.07, 6.45) is 3.52. The standard InChI is InChI=1S/C18H21ClN4O/c1-12-6-7-14(19)11-15(12)21-17(24)16-10-13(2)20-18(22-16)23-8-4-3-5-9-23/h6-7,10-11H,3-5,8-9H2,1-2H3,(H,21,24). The summed E-state index contributed by atoms with van der Waals surface area (Å²) in [4.78, 5) is 23.7. The molecule has 2 heterocycles. The molecule has 3 rings (SSSR count). The third-order valence-corrected chi connectivity index (χ3v) is 4.40. The summed E-state index contributed by atoms with van der Waals surface area (Å²) in [6.45, 7) is 5.70. The molecule has 0 radical (unpaired) electrons. The molecule has 1 N–H and O–H groups in total. The highest BCUT2D eigenvalue weighted by atomic mass is 35.5. The average Bonchev–Trinajstić information content (AvgIpc) is 2.58. The Morgan fingerprint density at radius 3 is 2.62 bits per heavy atom. The number of carbonyl (C=O) groups excluding carboxylic acids is 1. The molecule has 6 heteroatoms. The summed E-state index contributed by atoms with van der Waals surface area (Å²) in [6, 6.07) is 7.13. The molecular weight excluding hydrogens is 324 g/mol. The Hall–Kier alpha value is -2.14. The van der Waals surface area contributed by atoms with E-state index in [1.807, 2.05) is 19.9 Å². The van der Waals surface area contributed by atoms with Gasteiger partial charge in [-0.05, 0) is 56.9 Å². The minimum Gasteiger partial charge on any atom is -0.341 e. The molecule has 1 aliphatic heterocycles. The molecule has 1 fully saturated rings. The largest absolute Gasteiger partial charge is 0.341 e. The summed E-state index contributed by atoms with van der Waals surface area (Å²) >= 11 is 6.01. The van der Waals surface area contributed by atoms with Gasteiger partial charge in [0.2, 0.25) is 5.95 Å². The van der Waals surface area contributed by atoms with Crippen molar-refractivity contribution in [2.45, 2.75) is 33.1 Å². The Kier molecular flexibility index (Phi) is 5.00. The van der Waals surface area contributed by atoms with Crippen LogP contribution in [0.5, 0.6) is 0 Å². The third-order valence-electron chi connectivity index (χ3n) is 4.16. The van der Waals surface area contributed by atoms with Gasteiger partial charge < -0.3 is 10.2 Å². The van der Waals surface area contributed by atoms with Gasteiger partial charge in [-0.25, -0.2) is 9.97 Å². The van der Waals surface area contributed by atoms with Gasteiger partial charge in [0.05, 0.1) is 0 Å². The summed E-state index contributed by atoms with van der Waals surface area (Å²) in [5.74, 6) is 0.395. The molecular formula is C18H21ClN4O. The summed E-state index contributed by atoms with van der Waals surface area (Å²) in [5.41, 5.74) is 2.82. The minimum absolute atomic E-state index is 0.246. The number of piperidine rings is 1. The van der Waals surface area contributed by atoms with E-state index in [0.717, 1.165) is 37.2 Å². The Labute approximate surface area is 147 Å². The number of aromatic nitrogens is 2. The lowest BCUT2D eigenvalue weighted by atomic mass is 10.1. The Morgan fingerprint density at radius 2 is 1.88 bits per heavy atom. The number of nitrogens with one attached hydrogen (secondary N) is 1. The van der Waals surface area contributed by atoms with Crippen LogP contribution in [0.2, 0.25) is 5.02 Å². The topological polar surface area (TPSA) is 58.1 Å². The molecule has 24 heavy (non-hydrogen) atoms. The highest BCUT2D eigenvalue weighted by Gasteiger charge is 2.17. The summed E-state index contributed by atoms with van der Waals surface area (Å²) < 4.78 is 0. The zero-order valence-corrected chi connectivity index (χ0v) is 14.7. The first-order valence-corrected chi connectivity index (χ1v) is 8.59. The number of anilines is 2. The average molecular weight is 345 g/mol. The molecule has 0 bridgehead atoms. The van der Waals surface area contributed by atoms with Gasteiger partial charge in [0.25, 0.3) is 5.91 Å². The number of amides is 1. The number of hydrogen-bond acceptors (Lipinski definition) is 4. The quantitative estimate of drug-likeness (QED) is 0.914. The number of nitrogens with zero attached hydrogens (tertiary/aromatic N) is 3. The molecule has 0 spiro atoms. The van der Waals surface area contributed by atoms with Crippen LogP contribution in [0, 0.1) is 13.8 Å². The maximum absolute atomic E-state index is 12.6. The van der Waals surface area contributed by atoms with E-state index in [1.165, 1.54) is 6.42 Å². The van der Waals surface area contributed by atoms with Gasteiger partial charge in [0.15, 0.2) is 0 Å². The van der Waals surface area contributed by atoms with Crippen LogP contribution in [0.1, 0.15) is 41.0 Å². The SMILES string of the molecule is Cc1cc(C(=O)Nc2cc(Cl)ccc2C)nc(N2CCCCC2)n1. The van der Waals surface area contributed by atoms with Gasteiger partial charge in [0.1, 0.15) is 5.69 Å². The molecule has 1 saturated heterocycles. The second-order valence-corrected chi connectivity index (χ2v) is 6.59. The van der Waals surface area contributed by atoms with Crippen molar-refractivity contribution in [1.29, 1.82) is 0 Å². The van der Waals surface area contributed by atoms with E-state index >= 15 is 0 Å². The van der Waals surface area contributed by atoms with Crippen molar-refractivity contribution in [1.82, 2.24) is 9.97 Å². The number of rotatable bonds is 3. The van der Waals surface area contributed by atoms with Gasteiger partial charge in [0, 0.05) is 29.5 Å². The van der Waals surface area contributed by atoms with Crippen molar-refractivity contribution in [3.63, 3.8) is 0 Å². The lowest BCUT2D eigenvalue weighted by molar-refractivity contribution is 0.102. The smallest absolute Gasteiger partial charge is 0.274 e. The van der Waals surface area contributed by atoms with Gasteiger partial charge in [-0.15, -0.1) is 0 Å². The van der Waals surface area contributed by atoms with Crippen LogP contribution in [0.15, 0.2) is 24.3 Å². The number of hydrogen-bond donors (Lipinski definition) is 1. The van der Waals surface area contributed by atoms with Gasteiger partial charge >= 0.3 is 0 Å². The zero-order valence-electron chi connectivity index (χ0n) is 14.0. The summed E-state index contributed by atoms with van der Waals surface area (Å²) in [7, 11) is 0. The molecule has 1 amide bonds. The second kappa shape index (κ2) is 7.18. The number of aryl methyl sites for hydroxylation is 2. The molecule has 0 atom stereocenters. The van der Waals surface area contributed by atoms with Crippen LogP contribution in [-0.4, -0.2) is 29.0 Å². The number of benzene rings is 1. The first kappa shape index (κ1) is 16.7. The van der Waals surface area contributed by atoms with E-state index in [0.29, 0.717) is 22.4 Å². The lowest BCUT2D eigenvalue weighted by Gasteiger charge is -2.27. The molecule has 5 nitrogen and oxygen atoms in total. The van der Waals surface area contributed by atoms with Crippen LogP contribution >= 0.6 is 11.6 Å². The van der Waals surface area contributed by atoms with Crippen molar-refractivity contribution in [2.24, 2.45) is 0 Å². The van der Waals surface area contributed by atoms with Crippen LogP contribution in [-0.2, 0) is 0 Å². The van der Waals surface area contributed by atoms with E-state index < -0.39 is 0 Å². The minimum atomic E-state index is -0.246. The zero-order chi connectivity index (χ0) is 17.1. The van der Waals surface area contributed by atoms with Gasteiger partial charge in [-0.1, -0.05) is 17.7 Å². The molecule has 2 aromatic rings. The Balaban J connectivity index is 1.84. The van der Waals surface area contributed by atoms with Crippen molar-refractivity contribution < 1.29 is 4.79 Å². The fourth-order valence-corrected chi connectivity index (χ4v) is 2.99. The summed E-state index contributed by atoms with van der Waals surface area (Å²) in [5, 5.41) is 3.48. The van der Waals surface area contributed by atoms with E-state index in [4.69, 9.17) is 11.6 Å². The highest BCUT2D eigenvalue weighted by Crippen LogP contribution is 2.21. The normalized spacial score (nSPS) is 14.5. The molecule has 1 aromatic carbocycles. The van der Waals surface area contributed by atoms with Crippen molar-refractivity contribution >= 4 is 29.1 Å². The van der Waals surface area contributed by atoms with Crippen LogP contribution in [0.4, 0.5) is 11.6 Å². The second-order valence-electron chi connectivity index (χ2n) is 6.16. The fraction of sp³-hybridized carbons (Fsp3) is 0.389. The van der Waals surface area contributed by atoms with E-state index in [9.17, 15) is 4.79 Å². The van der Waals surface area contributed by atoms with Gasteiger partial charge in [-0.3, -0.25) is 4.79 Å². The molecule has 0 unspecified atom stereocenters. The predicted octanol–water partition coefficient (Wildman–Crippen LogP) is 3.99. The lowest BCUT2D eigenvalue weighted by Crippen LogP contribution is -2.31. The van der Waals surface area contributed by atoms with Crippen molar-refractivity contribution in [3.05, 3.63) is 46.2 Å². The number of carbonyl (C=O) groups is 1. The van der Waals surface area contributed by atoms with Crippen LogP contribution in [0.3, 0.4) is 0 Å². The third kappa shape index (κ3) is 3.85. The Morgan fingerprint density at radius 1 is 1.12 bits per heavy atom. The molecule has 1 aliphatic rings. The highest BCUT2D eigenvalue weighted by molar-refractivity contribution is 6.31. The fourth-order valence-electron chi connectivity index (χ4n) is 2.82. The van der Waals surface area contributed by atoms with E-state index in [2.05, 4.69) is 20.2 Å². The first-order valence-electron chi connectivity index (χ1n) is 8.21. The maximum Gasteiger partial charge on any atom is 0.274 e. The van der Waals surface area contributed by atoms with E-state index in [-0.39, 0.29) is 5.91 Å². The maximum atomic E-state index is 12.6. The van der Waals surface area contributed by atoms with Crippen LogP contribution < -0.4 is 10.2 Å². The number of halogens is 1. The van der Waals surface area contributed by atoms with Crippen molar-refractivity contribution in [2.75, 3.05) is 23.3 Å². The monoisotopic (exact) mass is 344 g/mol. The molecule has 0 saturated carbocycles. The predicted molar refractivity (Wildman–Crippen MR) is 97.0 cm³/mol. The molecule has 0 aliphatic carbocycles. The van der Waals surface area contributed by atoms with Crippen molar-refractivity contribution in [3.8, 4) is 0 Å². The Bertz CT molecular complexity index is 757. The first-order chi connectivity index (χ1) is 11.5. The van der Waals surface area contributed by atoms with E-state index in [1.54, 1.807) is 18.2 Å². The van der Waals surface area contributed by atoms with Gasteiger partial charge in [-0.2, -0.15) is 0 Å². The van der Waals surface area contributed by atoms with Crippen LogP contribution in [0.25, 0.3) is 0 Å².